The highest BCUT2D eigenvalue weighted by Crippen LogP contribution is 2.18. The lowest BCUT2D eigenvalue weighted by Gasteiger charge is -2.28. The van der Waals surface area contributed by atoms with Gasteiger partial charge in [0, 0.05) is 6.20 Å². The molecule has 2 rings (SSSR count). The van der Waals surface area contributed by atoms with E-state index >= 15 is 0 Å². The van der Waals surface area contributed by atoms with Crippen LogP contribution in [-0.2, 0) is 0 Å². The number of carbonyl (C=O) groups is 1. The summed E-state index contributed by atoms with van der Waals surface area (Å²) in [6, 6.07) is 5.10. The SMILES string of the molecule is O=C(N[C@@H]1CCCC[C@H]1O)c1ccccn1. The summed E-state index contributed by atoms with van der Waals surface area (Å²) in [5.41, 5.74) is 0.403. The zero-order valence-corrected chi connectivity index (χ0v) is 9.10. The first-order valence-corrected chi connectivity index (χ1v) is 5.67. The molecule has 0 saturated heterocycles. The van der Waals surface area contributed by atoms with E-state index in [9.17, 15) is 9.90 Å². The summed E-state index contributed by atoms with van der Waals surface area (Å²) in [6.07, 6.45) is 4.89. The van der Waals surface area contributed by atoms with Crippen molar-refractivity contribution in [2.75, 3.05) is 0 Å². The Bertz CT molecular complexity index is 353. The zero-order valence-electron chi connectivity index (χ0n) is 9.10. The smallest absolute Gasteiger partial charge is 0.270 e. The predicted octanol–water partition coefficient (Wildman–Crippen LogP) is 1.11. The van der Waals surface area contributed by atoms with E-state index in [0.29, 0.717) is 5.69 Å². The molecule has 0 spiro atoms. The van der Waals surface area contributed by atoms with Gasteiger partial charge in [0.05, 0.1) is 12.1 Å². The van der Waals surface area contributed by atoms with Gasteiger partial charge in [-0.05, 0) is 25.0 Å². The molecule has 2 N–H and O–H groups in total. The maximum Gasteiger partial charge on any atom is 0.270 e. The number of hydrogen-bond acceptors (Lipinski definition) is 3. The Kier molecular flexibility index (Phi) is 3.51. The van der Waals surface area contributed by atoms with Crippen molar-refractivity contribution in [1.29, 1.82) is 0 Å². The fourth-order valence-electron chi connectivity index (χ4n) is 2.02. The van der Waals surface area contributed by atoms with Gasteiger partial charge in [0.2, 0.25) is 0 Å². The lowest BCUT2D eigenvalue weighted by Crippen LogP contribution is -2.45. The molecule has 1 aromatic rings. The van der Waals surface area contributed by atoms with E-state index in [1.54, 1.807) is 24.4 Å². The van der Waals surface area contributed by atoms with Crippen molar-refractivity contribution in [2.45, 2.75) is 37.8 Å². The molecular formula is C12H16N2O2. The normalized spacial score (nSPS) is 25.1. The molecule has 0 unspecified atom stereocenters. The topological polar surface area (TPSA) is 62.2 Å². The molecule has 1 saturated carbocycles. The van der Waals surface area contributed by atoms with Crippen molar-refractivity contribution in [1.82, 2.24) is 10.3 Å². The van der Waals surface area contributed by atoms with Gasteiger partial charge in [0.25, 0.3) is 5.91 Å². The van der Waals surface area contributed by atoms with Crippen molar-refractivity contribution in [2.24, 2.45) is 0 Å². The van der Waals surface area contributed by atoms with E-state index in [-0.39, 0.29) is 11.9 Å². The highest BCUT2D eigenvalue weighted by atomic mass is 16.3. The Labute approximate surface area is 94.7 Å². The van der Waals surface area contributed by atoms with Crippen LogP contribution in [0.5, 0.6) is 0 Å². The fraction of sp³-hybridized carbons (Fsp3) is 0.500. The second-order valence-electron chi connectivity index (χ2n) is 4.15. The molecule has 1 aliphatic rings. The number of amides is 1. The Morgan fingerprint density at radius 1 is 1.38 bits per heavy atom. The van der Waals surface area contributed by atoms with Gasteiger partial charge in [-0.25, -0.2) is 0 Å². The van der Waals surface area contributed by atoms with Gasteiger partial charge in [-0.15, -0.1) is 0 Å². The highest BCUT2D eigenvalue weighted by molar-refractivity contribution is 5.92. The third-order valence-corrected chi connectivity index (χ3v) is 2.94. The van der Waals surface area contributed by atoms with Crippen molar-refractivity contribution in [3.05, 3.63) is 30.1 Å². The molecule has 1 aliphatic carbocycles. The van der Waals surface area contributed by atoms with Crippen LogP contribution < -0.4 is 5.32 Å². The molecule has 0 aromatic carbocycles. The second kappa shape index (κ2) is 5.07. The average Bonchev–Trinajstić information content (AvgIpc) is 2.33. The summed E-state index contributed by atoms with van der Waals surface area (Å²) >= 11 is 0. The summed E-state index contributed by atoms with van der Waals surface area (Å²) in [6.45, 7) is 0. The molecule has 0 aliphatic heterocycles. The first kappa shape index (κ1) is 11.1. The fourth-order valence-corrected chi connectivity index (χ4v) is 2.02. The number of nitrogens with zero attached hydrogens (tertiary/aromatic N) is 1. The summed E-state index contributed by atoms with van der Waals surface area (Å²) in [7, 11) is 0. The first-order valence-electron chi connectivity index (χ1n) is 5.67. The molecule has 0 bridgehead atoms. The zero-order chi connectivity index (χ0) is 11.4. The van der Waals surface area contributed by atoms with E-state index < -0.39 is 6.10 Å². The number of aliphatic hydroxyl groups is 1. The molecule has 1 amide bonds. The number of pyridine rings is 1. The molecule has 1 fully saturated rings. The molecule has 1 aromatic heterocycles. The minimum absolute atomic E-state index is 0.122. The van der Waals surface area contributed by atoms with Crippen molar-refractivity contribution in [3.63, 3.8) is 0 Å². The lowest BCUT2D eigenvalue weighted by molar-refractivity contribution is 0.0714. The number of aliphatic hydroxyl groups excluding tert-OH is 1. The standard InChI is InChI=1S/C12H16N2O2/c15-11-7-2-1-5-9(11)14-12(16)10-6-3-4-8-13-10/h3-4,6,8-9,11,15H,1-2,5,7H2,(H,14,16)/t9-,11-/m1/s1. The highest BCUT2D eigenvalue weighted by Gasteiger charge is 2.24. The quantitative estimate of drug-likeness (QED) is 0.785. The number of rotatable bonds is 2. The molecule has 2 atom stereocenters. The minimum Gasteiger partial charge on any atom is -0.391 e. The van der Waals surface area contributed by atoms with Crippen molar-refractivity contribution in [3.8, 4) is 0 Å². The van der Waals surface area contributed by atoms with Crippen LogP contribution in [0.25, 0.3) is 0 Å². The first-order chi connectivity index (χ1) is 7.77. The maximum absolute atomic E-state index is 11.8. The van der Waals surface area contributed by atoms with Crippen LogP contribution in [0.3, 0.4) is 0 Å². The van der Waals surface area contributed by atoms with Gasteiger partial charge in [0.1, 0.15) is 5.69 Å². The second-order valence-corrected chi connectivity index (χ2v) is 4.15. The van der Waals surface area contributed by atoms with E-state index in [0.717, 1.165) is 25.7 Å². The van der Waals surface area contributed by atoms with Crippen LogP contribution in [0.15, 0.2) is 24.4 Å². The number of carbonyl (C=O) groups excluding carboxylic acids is 1. The molecule has 4 heteroatoms. The average molecular weight is 220 g/mol. The Morgan fingerprint density at radius 2 is 2.19 bits per heavy atom. The predicted molar refractivity (Wildman–Crippen MR) is 60.0 cm³/mol. The Hall–Kier alpha value is -1.42. The summed E-state index contributed by atoms with van der Waals surface area (Å²) in [4.78, 5) is 15.7. The van der Waals surface area contributed by atoms with Crippen LogP contribution in [0, 0.1) is 0 Å². The maximum atomic E-state index is 11.8. The third-order valence-electron chi connectivity index (χ3n) is 2.94. The van der Waals surface area contributed by atoms with Gasteiger partial charge in [0.15, 0.2) is 0 Å². The number of hydrogen-bond donors (Lipinski definition) is 2. The molecular weight excluding hydrogens is 204 g/mol. The molecule has 16 heavy (non-hydrogen) atoms. The van der Waals surface area contributed by atoms with Crippen LogP contribution >= 0.6 is 0 Å². The van der Waals surface area contributed by atoms with E-state index in [1.165, 1.54) is 0 Å². The molecule has 86 valence electrons. The van der Waals surface area contributed by atoms with Crippen LogP contribution in [0.4, 0.5) is 0 Å². The summed E-state index contributed by atoms with van der Waals surface area (Å²) < 4.78 is 0. The van der Waals surface area contributed by atoms with E-state index in [4.69, 9.17) is 0 Å². The van der Waals surface area contributed by atoms with Crippen LogP contribution in [0.1, 0.15) is 36.2 Å². The monoisotopic (exact) mass is 220 g/mol. The third kappa shape index (κ3) is 2.58. The van der Waals surface area contributed by atoms with Crippen molar-refractivity contribution >= 4 is 5.91 Å². The lowest BCUT2D eigenvalue weighted by atomic mass is 9.92. The largest absolute Gasteiger partial charge is 0.391 e. The van der Waals surface area contributed by atoms with Crippen molar-refractivity contribution < 1.29 is 9.90 Å². The van der Waals surface area contributed by atoms with Crippen LogP contribution in [0.2, 0.25) is 0 Å². The minimum atomic E-state index is -0.415. The molecule has 1 heterocycles. The van der Waals surface area contributed by atoms with E-state index in [2.05, 4.69) is 10.3 Å². The molecule has 0 radical (unpaired) electrons. The van der Waals surface area contributed by atoms with Gasteiger partial charge < -0.3 is 10.4 Å². The Balaban J connectivity index is 1.96. The van der Waals surface area contributed by atoms with Gasteiger partial charge in [-0.3, -0.25) is 9.78 Å². The summed E-state index contributed by atoms with van der Waals surface area (Å²) in [5.74, 6) is -0.202. The van der Waals surface area contributed by atoms with Gasteiger partial charge in [-0.1, -0.05) is 18.9 Å². The number of nitrogens with one attached hydrogen (secondary N) is 1. The van der Waals surface area contributed by atoms with E-state index in [1.807, 2.05) is 0 Å². The number of aromatic nitrogens is 1. The molecule has 4 nitrogen and oxygen atoms in total. The van der Waals surface area contributed by atoms with Crippen LogP contribution in [-0.4, -0.2) is 28.1 Å². The van der Waals surface area contributed by atoms with Gasteiger partial charge >= 0.3 is 0 Å². The summed E-state index contributed by atoms with van der Waals surface area (Å²) in [5, 5.41) is 12.6. The van der Waals surface area contributed by atoms with Gasteiger partial charge in [-0.2, -0.15) is 0 Å². The Morgan fingerprint density at radius 3 is 2.88 bits per heavy atom.